The average molecular weight is 262 g/mol. The van der Waals surface area contributed by atoms with Crippen LogP contribution in [0.3, 0.4) is 0 Å². The topological polar surface area (TPSA) is 46.5 Å². The predicted octanol–water partition coefficient (Wildman–Crippen LogP) is 3.60. The number of ether oxygens (including phenoxy) is 1. The standard InChI is InChI=1S/C16H22O3/c1-11-9-13(10-14(19-3)12(11)2)16(15(17)18)7-5-4-6-8-16/h9-10H,4-8H2,1-3H3,(H,17,18). The molecular formula is C16H22O3. The van der Waals surface area contributed by atoms with Gasteiger partial charge in [-0.3, -0.25) is 4.79 Å². The lowest BCUT2D eigenvalue weighted by Gasteiger charge is -2.34. The van der Waals surface area contributed by atoms with E-state index in [1.165, 1.54) is 0 Å². The van der Waals surface area contributed by atoms with Gasteiger partial charge in [-0.15, -0.1) is 0 Å². The SMILES string of the molecule is COc1cc(C2(C(=O)O)CCCCC2)cc(C)c1C. The fourth-order valence-corrected chi connectivity index (χ4v) is 3.10. The molecule has 0 unspecified atom stereocenters. The van der Waals surface area contributed by atoms with Gasteiger partial charge in [0.1, 0.15) is 5.75 Å². The molecule has 0 radical (unpaired) electrons. The largest absolute Gasteiger partial charge is 0.496 e. The molecule has 1 N–H and O–H groups in total. The Morgan fingerprint density at radius 2 is 1.84 bits per heavy atom. The van der Waals surface area contributed by atoms with Crippen molar-refractivity contribution in [3.05, 3.63) is 28.8 Å². The molecule has 0 spiro atoms. The summed E-state index contributed by atoms with van der Waals surface area (Å²) in [5.41, 5.74) is 2.37. The van der Waals surface area contributed by atoms with Crippen LogP contribution in [0.2, 0.25) is 0 Å². The van der Waals surface area contributed by atoms with Gasteiger partial charge in [0.25, 0.3) is 0 Å². The maximum absolute atomic E-state index is 11.8. The lowest BCUT2D eigenvalue weighted by molar-refractivity contribution is -0.145. The zero-order valence-electron chi connectivity index (χ0n) is 12.0. The molecule has 0 amide bonds. The van der Waals surface area contributed by atoms with Gasteiger partial charge in [0, 0.05) is 0 Å². The molecule has 0 aliphatic heterocycles. The summed E-state index contributed by atoms with van der Waals surface area (Å²) in [6.45, 7) is 4.02. The molecule has 1 aromatic carbocycles. The highest BCUT2D eigenvalue weighted by Crippen LogP contribution is 2.42. The molecule has 1 aromatic rings. The van der Waals surface area contributed by atoms with Gasteiger partial charge in [0.05, 0.1) is 12.5 Å². The predicted molar refractivity (Wildman–Crippen MR) is 74.9 cm³/mol. The number of carbonyl (C=O) groups is 1. The number of benzene rings is 1. The van der Waals surface area contributed by atoms with E-state index in [2.05, 4.69) is 0 Å². The Kier molecular flexibility index (Phi) is 3.83. The third-order valence-corrected chi connectivity index (χ3v) is 4.51. The minimum absolute atomic E-state index is 0.697. The Balaban J connectivity index is 2.54. The normalized spacial score (nSPS) is 18.1. The van der Waals surface area contributed by atoms with E-state index < -0.39 is 11.4 Å². The summed E-state index contributed by atoms with van der Waals surface area (Å²) in [6, 6.07) is 3.94. The van der Waals surface area contributed by atoms with Gasteiger partial charge < -0.3 is 9.84 Å². The van der Waals surface area contributed by atoms with Gasteiger partial charge >= 0.3 is 5.97 Å². The summed E-state index contributed by atoms with van der Waals surface area (Å²) in [6.07, 6.45) is 4.57. The van der Waals surface area contributed by atoms with Crippen LogP contribution in [0.1, 0.15) is 48.8 Å². The van der Waals surface area contributed by atoms with Crippen LogP contribution >= 0.6 is 0 Å². The summed E-state index contributed by atoms with van der Waals surface area (Å²) in [4.78, 5) is 11.8. The van der Waals surface area contributed by atoms with Crippen LogP contribution in [-0.4, -0.2) is 18.2 Å². The van der Waals surface area contributed by atoms with Crippen molar-refractivity contribution in [3.8, 4) is 5.75 Å². The van der Waals surface area contributed by atoms with E-state index in [-0.39, 0.29) is 0 Å². The van der Waals surface area contributed by atoms with Crippen LogP contribution in [0.4, 0.5) is 0 Å². The highest BCUT2D eigenvalue weighted by Gasteiger charge is 2.41. The maximum atomic E-state index is 11.8. The fourth-order valence-electron chi connectivity index (χ4n) is 3.10. The molecule has 1 saturated carbocycles. The Labute approximate surface area is 114 Å². The quantitative estimate of drug-likeness (QED) is 0.905. The van der Waals surface area contributed by atoms with E-state index in [0.717, 1.165) is 54.5 Å². The average Bonchev–Trinajstić information content (AvgIpc) is 2.42. The number of aliphatic carboxylic acids is 1. The van der Waals surface area contributed by atoms with Gasteiger partial charge in [-0.1, -0.05) is 25.3 Å². The molecule has 0 aromatic heterocycles. The van der Waals surface area contributed by atoms with Crippen LogP contribution in [0.15, 0.2) is 12.1 Å². The molecule has 1 fully saturated rings. The third-order valence-electron chi connectivity index (χ3n) is 4.51. The van der Waals surface area contributed by atoms with Gasteiger partial charge in [-0.05, 0) is 49.4 Å². The molecule has 0 atom stereocenters. The molecule has 3 nitrogen and oxygen atoms in total. The van der Waals surface area contributed by atoms with Crippen LogP contribution < -0.4 is 4.74 Å². The Morgan fingerprint density at radius 1 is 1.21 bits per heavy atom. The summed E-state index contributed by atoms with van der Waals surface area (Å²) in [5.74, 6) is 0.0960. The van der Waals surface area contributed by atoms with Crippen molar-refractivity contribution < 1.29 is 14.6 Å². The minimum atomic E-state index is -0.718. The molecule has 0 heterocycles. The molecule has 1 aliphatic carbocycles. The number of carboxylic acid groups (broad SMARTS) is 1. The number of methoxy groups -OCH3 is 1. The number of carboxylic acids is 1. The van der Waals surface area contributed by atoms with Crippen molar-refractivity contribution in [1.82, 2.24) is 0 Å². The molecule has 2 rings (SSSR count). The number of hydrogen-bond donors (Lipinski definition) is 1. The van der Waals surface area contributed by atoms with E-state index in [9.17, 15) is 9.90 Å². The van der Waals surface area contributed by atoms with Crippen molar-refractivity contribution in [2.45, 2.75) is 51.4 Å². The molecule has 0 saturated heterocycles. The Morgan fingerprint density at radius 3 is 2.37 bits per heavy atom. The van der Waals surface area contributed by atoms with Crippen molar-refractivity contribution in [2.75, 3.05) is 7.11 Å². The second kappa shape index (κ2) is 5.24. The van der Waals surface area contributed by atoms with Crippen LogP contribution in [0.25, 0.3) is 0 Å². The second-order valence-electron chi connectivity index (χ2n) is 5.57. The Hall–Kier alpha value is -1.51. The van der Waals surface area contributed by atoms with Crippen molar-refractivity contribution in [3.63, 3.8) is 0 Å². The van der Waals surface area contributed by atoms with Gasteiger partial charge in [0.15, 0.2) is 0 Å². The monoisotopic (exact) mass is 262 g/mol. The summed E-state index contributed by atoms with van der Waals surface area (Å²) < 4.78 is 5.39. The van der Waals surface area contributed by atoms with E-state index in [4.69, 9.17) is 4.74 Å². The van der Waals surface area contributed by atoms with E-state index in [1.807, 2.05) is 26.0 Å². The maximum Gasteiger partial charge on any atom is 0.314 e. The molecular weight excluding hydrogens is 240 g/mol. The van der Waals surface area contributed by atoms with Gasteiger partial charge in [0.2, 0.25) is 0 Å². The number of rotatable bonds is 3. The lowest BCUT2D eigenvalue weighted by Crippen LogP contribution is -2.38. The van der Waals surface area contributed by atoms with Crippen molar-refractivity contribution in [1.29, 1.82) is 0 Å². The number of hydrogen-bond acceptors (Lipinski definition) is 2. The summed E-state index contributed by atoms with van der Waals surface area (Å²) in [5, 5.41) is 9.73. The molecule has 3 heteroatoms. The smallest absolute Gasteiger partial charge is 0.314 e. The van der Waals surface area contributed by atoms with E-state index >= 15 is 0 Å². The summed E-state index contributed by atoms with van der Waals surface area (Å²) in [7, 11) is 1.64. The minimum Gasteiger partial charge on any atom is -0.496 e. The first-order valence-corrected chi connectivity index (χ1v) is 6.90. The third kappa shape index (κ3) is 2.34. The highest BCUT2D eigenvalue weighted by atomic mass is 16.5. The van der Waals surface area contributed by atoms with Crippen LogP contribution in [-0.2, 0) is 10.2 Å². The van der Waals surface area contributed by atoms with Crippen LogP contribution in [0, 0.1) is 13.8 Å². The molecule has 104 valence electrons. The van der Waals surface area contributed by atoms with Crippen molar-refractivity contribution in [2.24, 2.45) is 0 Å². The van der Waals surface area contributed by atoms with E-state index in [1.54, 1.807) is 7.11 Å². The van der Waals surface area contributed by atoms with Crippen LogP contribution in [0.5, 0.6) is 5.75 Å². The lowest BCUT2D eigenvalue weighted by atomic mass is 9.69. The van der Waals surface area contributed by atoms with Crippen molar-refractivity contribution >= 4 is 5.97 Å². The number of aryl methyl sites for hydroxylation is 1. The summed E-state index contributed by atoms with van der Waals surface area (Å²) >= 11 is 0. The first-order valence-electron chi connectivity index (χ1n) is 6.90. The fraction of sp³-hybridized carbons (Fsp3) is 0.562. The molecule has 19 heavy (non-hydrogen) atoms. The second-order valence-corrected chi connectivity index (χ2v) is 5.57. The first-order chi connectivity index (χ1) is 9.01. The zero-order chi connectivity index (χ0) is 14.0. The molecule has 0 bridgehead atoms. The zero-order valence-corrected chi connectivity index (χ0v) is 12.0. The first kappa shape index (κ1) is 13.9. The molecule has 1 aliphatic rings. The van der Waals surface area contributed by atoms with Gasteiger partial charge in [-0.25, -0.2) is 0 Å². The van der Waals surface area contributed by atoms with Gasteiger partial charge in [-0.2, -0.15) is 0 Å². The highest BCUT2D eigenvalue weighted by molar-refractivity contribution is 5.82. The Bertz CT molecular complexity index is 485. The van der Waals surface area contributed by atoms with E-state index in [0.29, 0.717) is 0 Å².